The largest absolute Gasteiger partial charge is 0.478 e. The van der Waals surface area contributed by atoms with Gasteiger partial charge in [-0.05, 0) is 36.6 Å². The first-order chi connectivity index (χ1) is 12.7. The van der Waals surface area contributed by atoms with Gasteiger partial charge in [0.15, 0.2) is 5.75 Å². The van der Waals surface area contributed by atoms with Gasteiger partial charge in [-0.25, -0.2) is 18.4 Å². The Bertz CT molecular complexity index is 1000. The summed E-state index contributed by atoms with van der Waals surface area (Å²) in [6, 6.07) is 6.14. The molecule has 8 heteroatoms. The molecule has 1 heterocycles. The number of rotatable bonds is 8. The van der Waals surface area contributed by atoms with Gasteiger partial charge in [-0.1, -0.05) is 30.9 Å². The number of benzene rings is 1. The number of nitrogens with two attached hydrogens (primary N) is 1. The summed E-state index contributed by atoms with van der Waals surface area (Å²) in [6.07, 6.45) is 6.90. The summed E-state index contributed by atoms with van der Waals surface area (Å²) in [5.41, 5.74) is 0.243. The van der Waals surface area contributed by atoms with E-state index in [4.69, 9.17) is 9.88 Å². The van der Waals surface area contributed by atoms with Gasteiger partial charge in [-0.3, -0.25) is 0 Å². The Balaban J connectivity index is 2.64. The van der Waals surface area contributed by atoms with Crippen LogP contribution in [0.3, 0.4) is 0 Å². The third-order valence-electron chi connectivity index (χ3n) is 3.47. The van der Waals surface area contributed by atoms with Crippen LogP contribution in [0.25, 0.3) is 0 Å². The van der Waals surface area contributed by atoms with Crippen LogP contribution in [0.1, 0.15) is 27.7 Å². The predicted octanol–water partition coefficient (Wildman–Crippen LogP) is 3.71. The SMILES string of the molecule is C=C/C=C\C=C(/C)Oc1c(Cc2cccs2)cc(C(=O)O)cc1S(N)(=O)=O. The highest BCUT2D eigenvalue weighted by atomic mass is 32.2. The van der Waals surface area contributed by atoms with Gasteiger partial charge >= 0.3 is 5.97 Å². The van der Waals surface area contributed by atoms with Crippen LogP contribution < -0.4 is 9.88 Å². The molecule has 0 spiro atoms. The third-order valence-corrected chi connectivity index (χ3v) is 5.26. The van der Waals surface area contributed by atoms with Crippen molar-refractivity contribution in [3.05, 3.63) is 82.3 Å². The van der Waals surface area contributed by atoms with Crippen molar-refractivity contribution in [1.82, 2.24) is 0 Å². The van der Waals surface area contributed by atoms with Gasteiger partial charge in [0.2, 0.25) is 10.0 Å². The summed E-state index contributed by atoms with van der Waals surface area (Å²) >= 11 is 1.47. The topological polar surface area (TPSA) is 107 Å². The fourth-order valence-electron chi connectivity index (χ4n) is 2.31. The third kappa shape index (κ3) is 5.65. The number of carboxylic acids is 1. The molecule has 2 aromatic rings. The van der Waals surface area contributed by atoms with E-state index in [1.807, 2.05) is 17.5 Å². The second-order valence-corrected chi connectivity index (χ2v) is 8.13. The van der Waals surface area contributed by atoms with Crippen molar-refractivity contribution < 1.29 is 23.1 Å². The lowest BCUT2D eigenvalue weighted by molar-refractivity contribution is 0.0696. The van der Waals surface area contributed by atoms with Crippen LogP contribution in [-0.2, 0) is 16.4 Å². The number of aromatic carboxylic acids is 1. The fourth-order valence-corrected chi connectivity index (χ4v) is 3.76. The molecular formula is C19H19NO5S2. The average Bonchev–Trinajstić information content (AvgIpc) is 3.08. The van der Waals surface area contributed by atoms with Crippen molar-refractivity contribution >= 4 is 27.3 Å². The molecule has 1 aromatic heterocycles. The molecule has 0 bridgehead atoms. The van der Waals surface area contributed by atoms with Crippen molar-refractivity contribution in [1.29, 1.82) is 0 Å². The molecule has 3 N–H and O–H groups in total. The first kappa shape index (κ1) is 20.6. The molecule has 0 fully saturated rings. The smallest absolute Gasteiger partial charge is 0.335 e. The van der Waals surface area contributed by atoms with Gasteiger partial charge < -0.3 is 9.84 Å². The molecule has 0 atom stereocenters. The minimum atomic E-state index is -4.21. The molecule has 0 unspecified atom stereocenters. The number of thiophene rings is 1. The minimum Gasteiger partial charge on any atom is -0.478 e. The molecular weight excluding hydrogens is 386 g/mol. The zero-order valence-corrected chi connectivity index (χ0v) is 16.2. The van der Waals surface area contributed by atoms with E-state index in [-0.39, 0.29) is 16.2 Å². The molecule has 0 radical (unpaired) electrons. The van der Waals surface area contributed by atoms with Crippen LogP contribution in [-0.4, -0.2) is 19.5 Å². The summed E-state index contributed by atoms with van der Waals surface area (Å²) in [7, 11) is -4.21. The average molecular weight is 405 g/mol. The monoisotopic (exact) mass is 405 g/mol. The van der Waals surface area contributed by atoms with Crippen molar-refractivity contribution in [2.75, 3.05) is 0 Å². The van der Waals surface area contributed by atoms with Gasteiger partial charge in [0.05, 0.1) is 5.56 Å². The maximum atomic E-state index is 12.1. The van der Waals surface area contributed by atoms with Crippen LogP contribution in [0, 0.1) is 0 Å². The van der Waals surface area contributed by atoms with Crippen LogP contribution in [0.15, 0.2) is 71.2 Å². The second kappa shape index (κ2) is 8.81. The molecule has 0 amide bonds. The highest BCUT2D eigenvalue weighted by Crippen LogP contribution is 2.33. The van der Waals surface area contributed by atoms with Crippen LogP contribution in [0.5, 0.6) is 5.75 Å². The van der Waals surface area contributed by atoms with E-state index < -0.39 is 16.0 Å². The normalized spacial score (nSPS) is 12.3. The van der Waals surface area contributed by atoms with E-state index in [1.165, 1.54) is 17.4 Å². The molecule has 0 saturated carbocycles. The van der Waals surface area contributed by atoms with Gasteiger partial charge in [0.25, 0.3) is 0 Å². The lowest BCUT2D eigenvalue weighted by atomic mass is 10.1. The number of hydrogen-bond donors (Lipinski definition) is 2. The molecule has 0 aliphatic rings. The van der Waals surface area contributed by atoms with E-state index in [1.54, 1.807) is 31.2 Å². The summed E-state index contributed by atoms with van der Waals surface area (Å²) in [6.45, 7) is 5.22. The molecule has 6 nitrogen and oxygen atoms in total. The Morgan fingerprint density at radius 1 is 1.37 bits per heavy atom. The Hall–Kier alpha value is -2.68. The number of hydrogen-bond acceptors (Lipinski definition) is 5. The van der Waals surface area contributed by atoms with Crippen molar-refractivity contribution in [2.24, 2.45) is 5.14 Å². The molecule has 1 aromatic carbocycles. The maximum absolute atomic E-state index is 12.1. The number of allylic oxidation sites excluding steroid dienone is 5. The summed E-state index contributed by atoms with van der Waals surface area (Å²) in [4.78, 5) is 12.0. The fraction of sp³-hybridized carbons (Fsp3) is 0.105. The van der Waals surface area contributed by atoms with Crippen LogP contribution in [0.2, 0.25) is 0 Å². The zero-order valence-electron chi connectivity index (χ0n) is 14.6. The van der Waals surface area contributed by atoms with Crippen LogP contribution in [0.4, 0.5) is 0 Å². The molecule has 2 rings (SSSR count). The Morgan fingerprint density at radius 3 is 2.67 bits per heavy atom. The molecule has 142 valence electrons. The van der Waals surface area contributed by atoms with Crippen molar-refractivity contribution in [3.8, 4) is 5.75 Å². The Morgan fingerprint density at radius 2 is 2.11 bits per heavy atom. The highest BCUT2D eigenvalue weighted by Gasteiger charge is 2.23. The molecule has 0 saturated heterocycles. The molecule has 27 heavy (non-hydrogen) atoms. The molecule has 0 aliphatic heterocycles. The van der Waals surface area contributed by atoms with Gasteiger partial charge in [-0.2, -0.15) is 0 Å². The lowest BCUT2D eigenvalue weighted by Crippen LogP contribution is -2.16. The first-order valence-electron chi connectivity index (χ1n) is 7.81. The summed E-state index contributed by atoms with van der Waals surface area (Å²) < 4.78 is 29.9. The van der Waals surface area contributed by atoms with E-state index in [0.29, 0.717) is 17.7 Å². The van der Waals surface area contributed by atoms with Crippen molar-refractivity contribution in [2.45, 2.75) is 18.2 Å². The standard InChI is InChI=1S/C19H19NO5S2/c1-3-4-5-7-13(2)25-18-14(11-16-8-6-9-26-16)10-15(19(21)22)12-17(18)27(20,23)24/h3-10,12H,1,11H2,2H3,(H,21,22)(H2,20,23,24)/b5-4-,13-7+. The first-order valence-corrected chi connectivity index (χ1v) is 10.2. The Labute approximate surface area is 162 Å². The highest BCUT2D eigenvalue weighted by molar-refractivity contribution is 7.89. The lowest BCUT2D eigenvalue weighted by Gasteiger charge is -2.16. The number of carboxylic acid groups (broad SMARTS) is 1. The van der Waals surface area contributed by atoms with Crippen molar-refractivity contribution in [3.63, 3.8) is 0 Å². The van der Waals surface area contributed by atoms with Gasteiger partial charge in [0, 0.05) is 16.9 Å². The van der Waals surface area contributed by atoms with E-state index in [9.17, 15) is 18.3 Å². The number of primary sulfonamides is 1. The summed E-state index contributed by atoms with van der Waals surface area (Å²) in [5, 5.41) is 16.5. The van der Waals surface area contributed by atoms with E-state index in [0.717, 1.165) is 10.9 Å². The van der Waals surface area contributed by atoms with Gasteiger partial charge in [-0.15, -0.1) is 11.3 Å². The Kier molecular flexibility index (Phi) is 6.73. The van der Waals surface area contributed by atoms with Gasteiger partial charge in [0.1, 0.15) is 10.7 Å². The van der Waals surface area contributed by atoms with Crippen LogP contribution >= 0.6 is 11.3 Å². The van der Waals surface area contributed by atoms with E-state index >= 15 is 0 Å². The van der Waals surface area contributed by atoms with E-state index in [2.05, 4.69) is 6.58 Å². The summed E-state index contributed by atoms with van der Waals surface area (Å²) in [5.74, 6) is -0.815. The minimum absolute atomic E-state index is 0.0247. The number of sulfonamides is 1. The zero-order chi connectivity index (χ0) is 20.0. The molecule has 0 aliphatic carbocycles. The second-order valence-electron chi connectivity index (χ2n) is 5.57. The predicted molar refractivity (Wildman–Crippen MR) is 106 cm³/mol. The number of ether oxygens (including phenoxy) is 1. The number of carbonyl (C=O) groups is 1. The maximum Gasteiger partial charge on any atom is 0.335 e. The quantitative estimate of drug-likeness (QED) is 0.514.